The van der Waals surface area contributed by atoms with Crippen molar-refractivity contribution >= 4 is 34.9 Å². The van der Waals surface area contributed by atoms with Gasteiger partial charge >= 0.3 is 0 Å². The summed E-state index contributed by atoms with van der Waals surface area (Å²) >= 11 is 1.35. The van der Waals surface area contributed by atoms with E-state index in [0.717, 1.165) is 42.7 Å². The zero-order valence-corrected chi connectivity index (χ0v) is 15.7. The first-order chi connectivity index (χ1) is 12.3. The molecule has 1 unspecified atom stereocenters. The van der Waals surface area contributed by atoms with Gasteiger partial charge in [0, 0.05) is 43.9 Å². The van der Waals surface area contributed by atoms with Gasteiger partial charge in [0.1, 0.15) is 11.9 Å². The number of aliphatic hydroxyl groups excluding tert-OH is 1. The highest BCUT2D eigenvalue weighted by Gasteiger charge is 2.23. The minimum Gasteiger partial charge on any atom is -0.380 e. The summed E-state index contributed by atoms with van der Waals surface area (Å²) < 4.78 is 4.36. The normalized spacial score (nSPS) is 15.4. The van der Waals surface area contributed by atoms with Crippen LogP contribution in [0.2, 0.25) is 0 Å². The lowest BCUT2D eigenvalue weighted by Crippen LogP contribution is -2.46. The number of pyridine rings is 1. The Morgan fingerprint density at radius 2 is 1.62 bits per heavy atom. The number of benzene rings is 1. The molecule has 3 heterocycles. The highest BCUT2D eigenvalue weighted by atomic mass is 35.5. The lowest BCUT2D eigenvalue weighted by atomic mass is 10.1. The predicted molar refractivity (Wildman–Crippen MR) is 106 cm³/mol. The molecule has 0 saturated carbocycles. The van der Waals surface area contributed by atoms with Crippen LogP contribution in [0.25, 0.3) is 0 Å². The third-order valence-corrected chi connectivity index (χ3v) is 5.11. The second kappa shape index (κ2) is 8.44. The molecule has 1 N–H and O–H groups in total. The van der Waals surface area contributed by atoms with E-state index >= 15 is 0 Å². The molecule has 1 saturated heterocycles. The van der Waals surface area contributed by atoms with Crippen LogP contribution >= 0.6 is 23.9 Å². The van der Waals surface area contributed by atoms with E-state index in [2.05, 4.69) is 24.1 Å². The SMILES string of the molecule is Cl.OC(c1ccccc1)c1nsc(N2CCN(c3ccccn3)CC2)n1. The van der Waals surface area contributed by atoms with Crippen molar-refractivity contribution in [2.24, 2.45) is 0 Å². The smallest absolute Gasteiger partial charge is 0.205 e. The largest absolute Gasteiger partial charge is 0.380 e. The number of aliphatic hydroxyl groups is 1. The zero-order valence-electron chi connectivity index (χ0n) is 14.1. The molecule has 1 atom stereocenters. The average Bonchev–Trinajstić information content (AvgIpc) is 3.19. The second-order valence-electron chi connectivity index (χ2n) is 5.91. The topological polar surface area (TPSA) is 65.4 Å². The van der Waals surface area contributed by atoms with Crippen molar-refractivity contribution in [3.05, 3.63) is 66.1 Å². The van der Waals surface area contributed by atoms with E-state index in [4.69, 9.17) is 0 Å². The molecule has 0 bridgehead atoms. The van der Waals surface area contributed by atoms with Crippen LogP contribution in [0.4, 0.5) is 10.9 Å². The standard InChI is InChI=1S/C18H19N5OS.ClH/c24-16(14-6-2-1-3-7-14)17-20-18(25-21-17)23-12-10-22(11-13-23)15-8-4-5-9-19-15;/h1-9,16,24H,10-13H2;1H. The van der Waals surface area contributed by atoms with Gasteiger partial charge in [-0.2, -0.15) is 4.37 Å². The van der Waals surface area contributed by atoms with E-state index in [-0.39, 0.29) is 12.4 Å². The van der Waals surface area contributed by atoms with E-state index in [9.17, 15) is 5.11 Å². The zero-order chi connectivity index (χ0) is 17.1. The maximum atomic E-state index is 10.4. The van der Waals surface area contributed by atoms with Crippen molar-refractivity contribution in [1.29, 1.82) is 0 Å². The molecule has 0 aliphatic carbocycles. The number of piperazine rings is 1. The average molecular weight is 390 g/mol. The summed E-state index contributed by atoms with van der Waals surface area (Å²) in [5, 5.41) is 11.3. The Hall–Kier alpha value is -2.22. The number of anilines is 2. The fourth-order valence-electron chi connectivity index (χ4n) is 2.92. The number of hydrogen-bond donors (Lipinski definition) is 1. The van der Waals surface area contributed by atoms with Crippen LogP contribution < -0.4 is 9.80 Å². The predicted octanol–water partition coefficient (Wildman–Crippen LogP) is 2.76. The molecule has 1 aliphatic heterocycles. The van der Waals surface area contributed by atoms with Crippen molar-refractivity contribution in [2.45, 2.75) is 6.10 Å². The Kier molecular flexibility index (Phi) is 6.03. The molecule has 1 aliphatic rings. The Balaban J connectivity index is 0.00000196. The van der Waals surface area contributed by atoms with Gasteiger partial charge in [-0.3, -0.25) is 0 Å². The fraction of sp³-hybridized carbons (Fsp3) is 0.278. The quantitative estimate of drug-likeness (QED) is 0.740. The van der Waals surface area contributed by atoms with Gasteiger partial charge in [-0.15, -0.1) is 12.4 Å². The Morgan fingerprint density at radius 1 is 0.923 bits per heavy atom. The van der Waals surface area contributed by atoms with Crippen LogP contribution in [0.1, 0.15) is 17.5 Å². The van der Waals surface area contributed by atoms with Gasteiger partial charge in [0.25, 0.3) is 0 Å². The minimum absolute atomic E-state index is 0. The van der Waals surface area contributed by atoms with Gasteiger partial charge in [0.15, 0.2) is 5.82 Å². The molecule has 0 radical (unpaired) electrons. The van der Waals surface area contributed by atoms with Gasteiger partial charge in [0.05, 0.1) is 0 Å². The molecule has 2 aromatic heterocycles. The van der Waals surface area contributed by atoms with Gasteiger partial charge in [-0.1, -0.05) is 36.4 Å². The molecule has 0 spiro atoms. The lowest BCUT2D eigenvalue weighted by molar-refractivity contribution is 0.211. The summed E-state index contributed by atoms with van der Waals surface area (Å²) in [5.74, 6) is 1.48. The van der Waals surface area contributed by atoms with Crippen molar-refractivity contribution < 1.29 is 5.11 Å². The molecule has 1 aromatic carbocycles. The highest BCUT2D eigenvalue weighted by Crippen LogP contribution is 2.26. The number of aromatic nitrogens is 3. The second-order valence-corrected chi connectivity index (χ2v) is 6.64. The number of rotatable bonds is 4. The van der Waals surface area contributed by atoms with Crippen LogP contribution in [-0.4, -0.2) is 45.6 Å². The maximum Gasteiger partial charge on any atom is 0.205 e. The van der Waals surface area contributed by atoms with Crippen LogP contribution in [0.3, 0.4) is 0 Å². The number of nitrogens with zero attached hydrogens (tertiary/aromatic N) is 5. The summed E-state index contributed by atoms with van der Waals surface area (Å²) in [4.78, 5) is 13.5. The van der Waals surface area contributed by atoms with Gasteiger partial charge in [0.2, 0.25) is 5.13 Å². The van der Waals surface area contributed by atoms with Crippen molar-refractivity contribution in [1.82, 2.24) is 14.3 Å². The van der Waals surface area contributed by atoms with E-state index in [0.29, 0.717) is 5.82 Å². The van der Waals surface area contributed by atoms with Crippen molar-refractivity contribution in [3.63, 3.8) is 0 Å². The molecule has 4 rings (SSSR count). The minimum atomic E-state index is -0.777. The van der Waals surface area contributed by atoms with Crippen LogP contribution in [-0.2, 0) is 0 Å². The Morgan fingerprint density at radius 3 is 2.31 bits per heavy atom. The van der Waals surface area contributed by atoms with Crippen molar-refractivity contribution in [3.8, 4) is 0 Å². The highest BCUT2D eigenvalue weighted by molar-refractivity contribution is 7.09. The van der Waals surface area contributed by atoms with Crippen molar-refractivity contribution in [2.75, 3.05) is 36.0 Å². The fourth-order valence-corrected chi connectivity index (χ4v) is 3.67. The molecule has 3 aromatic rings. The van der Waals surface area contributed by atoms with Crippen LogP contribution in [0.5, 0.6) is 0 Å². The molecular formula is C18H20ClN5OS. The third-order valence-electron chi connectivity index (χ3n) is 4.31. The first-order valence-electron chi connectivity index (χ1n) is 8.29. The van der Waals surface area contributed by atoms with Gasteiger partial charge in [-0.05, 0) is 17.7 Å². The maximum absolute atomic E-state index is 10.4. The first-order valence-corrected chi connectivity index (χ1v) is 9.06. The first kappa shape index (κ1) is 18.6. The molecular weight excluding hydrogens is 370 g/mol. The van der Waals surface area contributed by atoms with Crippen LogP contribution in [0, 0.1) is 0 Å². The molecule has 6 nitrogen and oxygen atoms in total. The Labute approximate surface area is 162 Å². The van der Waals surface area contributed by atoms with E-state index in [1.807, 2.05) is 54.7 Å². The summed E-state index contributed by atoms with van der Waals surface area (Å²) in [6, 6.07) is 15.5. The molecule has 8 heteroatoms. The summed E-state index contributed by atoms with van der Waals surface area (Å²) in [7, 11) is 0. The lowest BCUT2D eigenvalue weighted by Gasteiger charge is -2.35. The molecule has 26 heavy (non-hydrogen) atoms. The molecule has 1 fully saturated rings. The monoisotopic (exact) mass is 389 g/mol. The van der Waals surface area contributed by atoms with E-state index < -0.39 is 6.10 Å². The van der Waals surface area contributed by atoms with E-state index in [1.54, 1.807) is 0 Å². The summed E-state index contributed by atoms with van der Waals surface area (Å²) in [6.45, 7) is 3.53. The number of halogens is 1. The summed E-state index contributed by atoms with van der Waals surface area (Å²) in [5.41, 5.74) is 0.812. The molecule has 0 amide bonds. The van der Waals surface area contributed by atoms with Gasteiger partial charge < -0.3 is 14.9 Å². The number of hydrogen-bond acceptors (Lipinski definition) is 7. The Bertz CT molecular complexity index is 809. The van der Waals surface area contributed by atoms with E-state index in [1.165, 1.54) is 11.5 Å². The van der Waals surface area contributed by atoms with Crippen LogP contribution in [0.15, 0.2) is 54.7 Å². The van der Waals surface area contributed by atoms with Gasteiger partial charge in [-0.25, -0.2) is 9.97 Å². The molecule has 136 valence electrons. The summed E-state index contributed by atoms with van der Waals surface area (Å²) in [6.07, 6.45) is 1.05. The third kappa shape index (κ3) is 3.95.